The van der Waals surface area contributed by atoms with E-state index in [2.05, 4.69) is 25.3 Å². The predicted molar refractivity (Wildman–Crippen MR) is 145 cm³/mol. The number of carbonyl (C=O) groups is 1. The van der Waals surface area contributed by atoms with Gasteiger partial charge in [-0.25, -0.2) is 15.0 Å². The number of H-pyrrole nitrogens is 1. The number of pyridine rings is 1. The van der Waals surface area contributed by atoms with E-state index < -0.39 is 0 Å². The van der Waals surface area contributed by atoms with Crippen molar-refractivity contribution in [2.45, 2.75) is 6.54 Å². The standard InChI is InChI=1S/C29H24N6O3/c1-35-24-8-4-3-7-22(24)32-26(35)16-31-28(37)18-9-11-21-23(15-18)34-27(33-21)20-14-17(10-12-25(20)36)19-6-5-13-30-29(19)38-2/h3-15,36H,16H2,1-2H3,(H,31,37)(H,33,34). The van der Waals surface area contributed by atoms with Crippen molar-refractivity contribution >= 4 is 28.0 Å². The number of nitrogens with zero attached hydrogens (tertiary/aromatic N) is 4. The van der Waals surface area contributed by atoms with Crippen LogP contribution in [0.3, 0.4) is 0 Å². The first kappa shape index (κ1) is 23.2. The van der Waals surface area contributed by atoms with Crippen molar-refractivity contribution in [2.75, 3.05) is 7.11 Å². The Morgan fingerprint density at radius 1 is 1.00 bits per heavy atom. The van der Waals surface area contributed by atoms with Crippen molar-refractivity contribution < 1.29 is 14.6 Å². The van der Waals surface area contributed by atoms with Gasteiger partial charge in [0.05, 0.1) is 41.3 Å². The van der Waals surface area contributed by atoms with Gasteiger partial charge in [-0.05, 0) is 60.2 Å². The molecular formula is C29H24N6O3. The molecule has 0 aliphatic rings. The van der Waals surface area contributed by atoms with Gasteiger partial charge in [-0.3, -0.25) is 4.79 Å². The molecule has 0 spiro atoms. The maximum absolute atomic E-state index is 12.9. The number of ether oxygens (including phenoxy) is 1. The van der Waals surface area contributed by atoms with Gasteiger partial charge in [0, 0.05) is 24.4 Å². The highest BCUT2D eigenvalue weighted by molar-refractivity contribution is 5.97. The minimum absolute atomic E-state index is 0.0797. The van der Waals surface area contributed by atoms with Crippen LogP contribution in [0.25, 0.3) is 44.6 Å². The van der Waals surface area contributed by atoms with Crippen LogP contribution >= 0.6 is 0 Å². The second-order valence-corrected chi connectivity index (χ2v) is 8.87. The molecule has 3 heterocycles. The number of carbonyl (C=O) groups excluding carboxylic acids is 1. The van der Waals surface area contributed by atoms with Gasteiger partial charge >= 0.3 is 0 Å². The van der Waals surface area contributed by atoms with Crippen molar-refractivity contribution in [2.24, 2.45) is 7.05 Å². The molecule has 3 aromatic carbocycles. The van der Waals surface area contributed by atoms with Crippen LogP contribution in [0.5, 0.6) is 11.6 Å². The smallest absolute Gasteiger partial charge is 0.251 e. The van der Waals surface area contributed by atoms with E-state index in [1.165, 1.54) is 0 Å². The molecule has 0 unspecified atom stereocenters. The molecule has 188 valence electrons. The molecule has 0 saturated carbocycles. The van der Waals surface area contributed by atoms with Gasteiger partial charge in [-0.15, -0.1) is 0 Å². The maximum Gasteiger partial charge on any atom is 0.251 e. The summed E-state index contributed by atoms with van der Waals surface area (Å²) in [6, 6.07) is 22.1. The van der Waals surface area contributed by atoms with E-state index in [4.69, 9.17) is 4.74 Å². The molecule has 9 heteroatoms. The third kappa shape index (κ3) is 4.09. The predicted octanol–water partition coefficient (Wildman–Crippen LogP) is 4.82. The summed E-state index contributed by atoms with van der Waals surface area (Å²) in [5.74, 6) is 1.60. The van der Waals surface area contributed by atoms with Gasteiger partial charge in [0.15, 0.2) is 0 Å². The number of hydrogen-bond acceptors (Lipinski definition) is 6. The number of aromatic hydroxyl groups is 1. The second kappa shape index (κ2) is 9.36. The Kier molecular flexibility index (Phi) is 5.72. The number of imidazole rings is 2. The number of phenols is 1. The van der Waals surface area contributed by atoms with E-state index >= 15 is 0 Å². The number of para-hydroxylation sites is 2. The zero-order valence-electron chi connectivity index (χ0n) is 20.8. The van der Waals surface area contributed by atoms with E-state index in [1.54, 1.807) is 43.6 Å². The average Bonchev–Trinajstić information content (AvgIpc) is 3.52. The van der Waals surface area contributed by atoms with E-state index in [1.807, 2.05) is 54.1 Å². The van der Waals surface area contributed by atoms with E-state index in [-0.39, 0.29) is 11.7 Å². The number of phenolic OH excluding ortho intramolecular Hbond substituents is 1. The fourth-order valence-electron chi connectivity index (χ4n) is 4.56. The molecule has 38 heavy (non-hydrogen) atoms. The number of benzene rings is 3. The Morgan fingerprint density at radius 2 is 1.87 bits per heavy atom. The topological polar surface area (TPSA) is 118 Å². The molecule has 0 aliphatic heterocycles. The monoisotopic (exact) mass is 504 g/mol. The van der Waals surface area contributed by atoms with Gasteiger partial charge in [-0.2, -0.15) is 0 Å². The first-order chi connectivity index (χ1) is 18.5. The lowest BCUT2D eigenvalue weighted by molar-refractivity contribution is 0.0949. The fraction of sp³-hybridized carbons (Fsp3) is 0.103. The lowest BCUT2D eigenvalue weighted by Gasteiger charge is -2.09. The minimum atomic E-state index is -0.225. The van der Waals surface area contributed by atoms with Crippen molar-refractivity contribution in [3.8, 4) is 34.1 Å². The van der Waals surface area contributed by atoms with Crippen LogP contribution in [-0.2, 0) is 13.6 Å². The summed E-state index contributed by atoms with van der Waals surface area (Å²) in [5, 5.41) is 13.6. The van der Waals surface area contributed by atoms with Crippen LogP contribution in [0.15, 0.2) is 79.0 Å². The van der Waals surface area contributed by atoms with Crippen molar-refractivity contribution in [1.29, 1.82) is 0 Å². The number of aromatic nitrogens is 5. The average molecular weight is 505 g/mol. The lowest BCUT2D eigenvalue weighted by atomic mass is 10.0. The number of hydrogen-bond donors (Lipinski definition) is 3. The summed E-state index contributed by atoms with van der Waals surface area (Å²) in [6.45, 7) is 0.298. The molecule has 0 fully saturated rings. The van der Waals surface area contributed by atoms with Gasteiger partial charge in [0.25, 0.3) is 5.91 Å². The van der Waals surface area contributed by atoms with Crippen LogP contribution in [0.4, 0.5) is 0 Å². The molecule has 1 amide bonds. The number of rotatable bonds is 6. The number of nitrogens with one attached hydrogen (secondary N) is 2. The number of fused-ring (bicyclic) bond motifs is 2. The fourth-order valence-corrected chi connectivity index (χ4v) is 4.56. The number of aromatic amines is 1. The van der Waals surface area contributed by atoms with Gasteiger partial charge in [0.1, 0.15) is 17.4 Å². The van der Waals surface area contributed by atoms with Crippen molar-refractivity contribution in [3.05, 3.63) is 90.4 Å². The van der Waals surface area contributed by atoms with Gasteiger partial charge in [-0.1, -0.05) is 18.2 Å². The highest BCUT2D eigenvalue weighted by atomic mass is 16.5. The van der Waals surface area contributed by atoms with E-state index in [0.29, 0.717) is 34.9 Å². The summed E-state index contributed by atoms with van der Waals surface area (Å²) >= 11 is 0. The molecule has 0 atom stereocenters. The SMILES string of the molecule is COc1ncccc1-c1ccc(O)c(-c2nc3cc(C(=O)NCc4nc5ccccc5n4C)ccc3[nH]2)c1. The second-order valence-electron chi connectivity index (χ2n) is 8.87. The number of amides is 1. The summed E-state index contributed by atoms with van der Waals surface area (Å²) in [7, 11) is 3.50. The molecule has 0 aliphatic carbocycles. The van der Waals surface area contributed by atoms with Gasteiger partial charge in [0.2, 0.25) is 5.88 Å². The van der Waals surface area contributed by atoms with E-state index in [0.717, 1.165) is 33.5 Å². The van der Waals surface area contributed by atoms with Crippen LogP contribution in [0.1, 0.15) is 16.2 Å². The Hall–Kier alpha value is -5.18. The molecular weight excluding hydrogens is 480 g/mol. The first-order valence-corrected chi connectivity index (χ1v) is 12.0. The number of methoxy groups -OCH3 is 1. The normalized spacial score (nSPS) is 11.2. The summed E-state index contributed by atoms with van der Waals surface area (Å²) in [4.78, 5) is 29.7. The molecule has 3 aromatic heterocycles. The molecule has 0 saturated heterocycles. The van der Waals surface area contributed by atoms with Crippen LogP contribution < -0.4 is 10.1 Å². The Balaban J connectivity index is 1.27. The van der Waals surface area contributed by atoms with Crippen molar-refractivity contribution in [3.63, 3.8) is 0 Å². The highest BCUT2D eigenvalue weighted by Gasteiger charge is 2.16. The Labute approximate surface area is 217 Å². The molecule has 9 nitrogen and oxygen atoms in total. The Morgan fingerprint density at radius 3 is 2.71 bits per heavy atom. The maximum atomic E-state index is 12.9. The summed E-state index contributed by atoms with van der Waals surface area (Å²) in [6.07, 6.45) is 1.66. The lowest BCUT2D eigenvalue weighted by Crippen LogP contribution is -2.24. The molecule has 3 N–H and O–H groups in total. The third-order valence-corrected chi connectivity index (χ3v) is 6.56. The molecule has 6 rings (SSSR count). The van der Waals surface area contributed by atoms with Crippen LogP contribution in [0, 0.1) is 0 Å². The zero-order chi connectivity index (χ0) is 26.2. The van der Waals surface area contributed by atoms with Crippen LogP contribution in [0.2, 0.25) is 0 Å². The first-order valence-electron chi connectivity index (χ1n) is 12.0. The summed E-state index contributed by atoms with van der Waals surface area (Å²) < 4.78 is 7.36. The highest BCUT2D eigenvalue weighted by Crippen LogP contribution is 2.35. The van der Waals surface area contributed by atoms with E-state index in [9.17, 15) is 9.90 Å². The van der Waals surface area contributed by atoms with Crippen LogP contribution in [-0.4, -0.2) is 42.6 Å². The Bertz CT molecular complexity index is 1820. The largest absolute Gasteiger partial charge is 0.507 e. The molecule has 0 radical (unpaired) electrons. The quantitative estimate of drug-likeness (QED) is 0.299. The third-order valence-electron chi connectivity index (χ3n) is 6.56. The zero-order valence-corrected chi connectivity index (χ0v) is 20.8. The van der Waals surface area contributed by atoms with Gasteiger partial charge < -0.3 is 24.7 Å². The number of aryl methyl sites for hydroxylation is 1. The molecule has 6 aromatic rings. The van der Waals surface area contributed by atoms with Crippen molar-refractivity contribution in [1.82, 2.24) is 29.8 Å². The summed E-state index contributed by atoms with van der Waals surface area (Å²) in [5.41, 5.74) is 5.88. The minimum Gasteiger partial charge on any atom is -0.507 e. The molecule has 0 bridgehead atoms.